The highest BCUT2D eigenvalue weighted by atomic mass is 16.6. The summed E-state index contributed by atoms with van der Waals surface area (Å²) < 4.78 is 5.16. The number of carbonyl (C=O) groups is 3. The lowest BCUT2D eigenvalue weighted by atomic mass is 9.91. The van der Waals surface area contributed by atoms with Gasteiger partial charge in [0.2, 0.25) is 0 Å². The standard InChI is InChI=1S/C17H22N4O4/c1-16(2,3)25-12(22)9-21-14(23)17(4,20-15(21)24)11-7-5-10(6-8-11)13(18)19/h5-8H,9H2,1-4H3,(H3,18,19)(H,20,24)/t17-/m1/s1. The Kier molecular flexibility index (Phi) is 4.57. The number of imide groups is 1. The van der Waals surface area contributed by atoms with E-state index in [4.69, 9.17) is 15.9 Å². The van der Waals surface area contributed by atoms with Crippen LogP contribution >= 0.6 is 0 Å². The first kappa shape index (κ1) is 18.4. The number of amides is 3. The number of nitrogens with one attached hydrogen (secondary N) is 2. The Morgan fingerprint density at radius 2 is 1.84 bits per heavy atom. The molecular weight excluding hydrogens is 324 g/mol. The molecule has 1 fully saturated rings. The quantitative estimate of drug-likeness (QED) is 0.325. The predicted molar refractivity (Wildman–Crippen MR) is 90.9 cm³/mol. The summed E-state index contributed by atoms with van der Waals surface area (Å²) in [7, 11) is 0. The Morgan fingerprint density at radius 1 is 1.28 bits per heavy atom. The summed E-state index contributed by atoms with van der Waals surface area (Å²) in [6, 6.07) is 5.77. The lowest BCUT2D eigenvalue weighted by Gasteiger charge is -2.23. The largest absolute Gasteiger partial charge is 0.459 e. The molecule has 1 aromatic rings. The average Bonchev–Trinajstić information content (AvgIpc) is 2.70. The number of nitrogens with two attached hydrogens (primary N) is 1. The first-order valence-electron chi connectivity index (χ1n) is 7.75. The van der Waals surface area contributed by atoms with Crippen LogP contribution in [0.15, 0.2) is 24.3 Å². The molecule has 1 aliphatic rings. The van der Waals surface area contributed by atoms with Crippen molar-refractivity contribution in [2.45, 2.75) is 38.8 Å². The summed E-state index contributed by atoms with van der Waals surface area (Å²) in [6.07, 6.45) is 0. The SMILES string of the molecule is CC(C)(C)OC(=O)CN1C(=O)N[C@](C)(c2ccc(C(=N)N)cc2)C1=O. The molecule has 0 aliphatic carbocycles. The van der Waals surface area contributed by atoms with Crippen molar-refractivity contribution in [1.82, 2.24) is 10.2 Å². The maximum absolute atomic E-state index is 12.7. The second kappa shape index (κ2) is 6.19. The highest BCUT2D eigenvalue weighted by Crippen LogP contribution is 2.29. The number of rotatable bonds is 4. The van der Waals surface area contributed by atoms with E-state index in [1.54, 1.807) is 52.0 Å². The number of benzene rings is 1. The zero-order chi connectivity index (χ0) is 19.0. The van der Waals surface area contributed by atoms with Gasteiger partial charge in [-0.15, -0.1) is 0 Å². The monoisotopic (exact) mass is 346 g/mol. The van der Waals surface area contributed by atoms with Gasteiger partial charge in [0.05, 0.1) is 0 Å². The first-order valence-corrected chi connectivity index (χ1v) is 7.75. The van der Waals surface area contributed by atoms with E-state index in [1.807, 2.05) is 0 Å². The molecule has 4 N–H and O–H groups in total. The van der Waals surface area contributed by atoms with Crippen molar-refractivity contribution in [3.8, 4) is 0 Å². The number of esters is 1. The summed E-state index contributed by atoms with van der Waals surface area (Å²) in [5.74, 6) is -1.30. The number of nitrogen functional groups attached to an aromatic ring is 1. The van der Waals surface area contributed by atoms with Gasteiger partial charge in [0.25, 0.3) is 5.91 Å². The van der Waals surface area contributed by atoms with Crippen molar-refractivity contribution < 1.29 is 19.1 Å². The summed E-state index contributed by atoms with van der Waals surface area (Å²) in [4.78, 5) is 37.7. The Morgan fingerprint density at radius 3 is 2.32 bits per heavy atom. The lowest BCUT2D eigenvalue weighted by Crippen LogP contribution is -2.42. The average molecular weight is 346 g/mol. The molecule has 0 aromatic heterocycles. The molecule has 1 saturated heterocycles. The molecule has 2 rings (SSSR count). The summed E-state index contributed by atoms with van der Waals surface area (Å²) in [6.45, 7) is 6.22. The van der Waals surface area contributed by atoms with E-state index < -0.39 is 35.6 Å². The summed E-state index contributed by atoms with van der Waals surface area (Å²) in [5.41, 5.74) is 4.45. The predicted octanol–water partition coefficient (Wildman–Crippen LogP) is 1.08. The topological polar surface area (TPSA) is 126 Å². The van der Waals surface area contributed by atoms with Gasteiger partial charge in [-0.1, -0.05) is 24.3 Å². The number of hydrogen-bond acceptors (Lipinski definition) is 5. The van der Waals surface area contributed by atoms with Crippen molar-refractivity contribution >= 4 is 23.7 Å². The summed E-state index contributed by atoms with van der Waals surface area (Å²) in [5, 5.41) is 10.0. The van der Waals surface area contributed by atoms with E-state index in [2.05, 4.69) is 5.32 Å². The van der Waals surface area contributed by atoms with E-state index in [0.29, 0.717) is 11.1 Å². The number of urea groups is 1. The third-order valence-electron chi connectivity index (χ3n) is 3.76. The second-order valence-corrected chi connectivity index (χ2v) is 7.02. The van der Waals surface area contributed by atoms with Crippen LogP contribution in [0.4, 0.5) is 4.79 Å². The molecule has 1 heterocycles. The van der Waals surface area contributed by atoms with Gasteiger partial charge in [-0.3, -0.25) is 19.9 Å². The molecule has 0 spiro atoms. The molecule has 1 aliphatic heterocycles. The molecule has 0 bridgehead atoms. The van der Waals surface area contributed by atoms with Crippen molar-refractivity contribution in [3.05, 3.63) is 35.4 Å². The zero-order valence-electron chi connectivity index (χ0n) is 14.7. The molecule has 0 saturated carbocycles. The third kappa shape index (κ3) is 3.78. The fraction of sp³-hybridized carbons (Fsp3) is 0.412. The van der Waals surface area contributed by atoms with Crippen LogP contribution in [-0.2, 0) is 19.9 Å². The van der Waals surface area contributed by atoms with Gasteiger partial charge in [0, 0.05) is 5.56 Å². The van der Waals surface area contributed by atoms with E-state index in [1.165, 1.54) is 0 Å². The molecule has 134 valence electrons. The van der Waals surface area contributed by atoms with Gasteiger partial charge in [-0.25, -0.2) is 4.79 Å². The van der Waals surface area contributed by atoms with E-state index in [-0.39, 0.29) is 5.84 Å². The van der Waals surface area contributed by atoms with Crippen molar-refractivity contribution in [3.63, 3.8) is 0 Å². The Labute approximate surface area is 145 Å². The van der Waals surface area contributed by atoms with Gasteiger partial charge in [-0.05, 0) is 33.3 Å². The Balaban J connectivity index is 2.21. The Hall–Kier alpha value is -2.90. The maximum Gasteiger partial charge on any atom is 0.326 e. The van der Waals surface area contributed by atoms with Crippen LogP contribution in [-0.4, -0.2) is 40.8 Å². The minimum absolute atomic E-state index is 0.0926. The minimum Gasteiger partial charge on any atom is -0.459 e. The fourth-order valence-corrected chi connectivity index (χ4v) is 2.52. The highest BCUT2D eigenvalue weighted by molar-refractivity contribution is 6.09. The molecule has 3 amide bonds. The highest BCUT2D eigenvalue weighted by Gasteiger charge is 2.49. The molecule has 8 nitrogen and oxygen atoms in total. The molecule has 0 unspecified atom stereocenters. The van der Waals surface area contributed by atoms with Gasteiger partial charge < -0.3 is 15.8 Å². The van der Waals surface area contributed by atoms with Crippen LogP contribution in [0.25, 0.3) is 0 Å². The third-order valence-corrected chi connectivity index (χ3v) is 3.76. The molecule has 0 radical (unpaired) electrons. The molecular formula is C17H22N4O4. The van der Waals surface area contributed by atoms with E-state index in [0.717, 1.165) is 4.90 Å². The first-order chi connectivity index (χ1) is 11.4. The van der Waals surface area contributed by atoms with Gasteiger partial charge >= 0.3 is 12.0 Å². The van der Waals surface area contributed by atoms with Crippen molar-refractivity contribution in [2.75, 3.05) is 6.54 Å². The molecule has 1 aromatic carbocycles. The van der Waals surface area contributed by atoms with Gasteiger partial charge in [0.1, 0.15) is 23.5 Å². The van der Waals surface area contributed by atoms with Crippen LogP contribution < -0.4 is 11.1 Å². The van der Waals surface area contributed by atoms with Gasteiger partial charge in [0.15, 0.2) is 0 Å². The number of carbonyl (C=O) groups excluding carboxylic acids is 3. The number of nitrogens with zero attached hydrogens (tertiary/aromatic N) is 1. The lowest BCUT2D eigenvalue weighted by molar-refractivity contribution is -0.157. The zero-order valence-corrected chi connectivity index (χ0v) is 14.7. The summed E-state index contributed by atoms with van der Waals surface area (Å²) >= 11 is 0. The van der Waals surface area contributed by atoms with Crippen molar-refractivity contribution in [1.29, 1.82) is 5.41 Å². The number of ether oxygens (including phenoxy) is 1. The van der Waals surface area contributed by atoms with E-state index >= 15 is 0 Å². The fourth-order valence-electron chi connectivity index (χ4n) is 2.52. The van der Waals surface area contributed by atoms with Gasteiger partial charge in [-0.2, -0.15) is 0 Å². The normalized spacial score (nSPS) is 20.4. The number of hydrogen-bond donors (Lipinski definition) is 3. The van der Waals surface area contributed by atoms with Crippen LogP contribution in [0.2, 0.25) is 0 Å². The smallest absolute Gasteiger partial charge is 0.326 e. The molecule has 25 heavy (non-hydrogen) atoms. The molecule has 1 atom stereocenters. The van der Waals surface area contributed by atoms with E-state index in [9.17, 15) is 14.4 Å². The molecule has 8 heteroatoms. The Bertz CT molecular complexity index is 736. The van der Waals surface area contributed by atoms with Crippen molar-refractivity contribution in [2.24, 2.45) is 5.73 Å². The van der Waals surface area contributed by atoms with Crippen LogP contribution in [0, 0.1) is 5.41 Å². The second-order valence-electron chi connectivity index (χ2n) is 7.02. The van der Waals surface area contributed by atoms with Crippen LogP contribution in [0.3, 0.4) is 0 Å². The number of amidine groups is 1. The van der Waals surface area contributed by atoms with Crippen LogP contribution in [0.1, 0.15) is 38.8 Å². The van der Waals surface area contributed by atoms with Crippen LogP contribution in [0.5, 0.6) is 0 Å². The minimum atomic E-state index is -1.30. The maximum atomic E-state index is 12.7.